The summed E-state index contributed by atoms with van der Waals surface area (Å²) < 4.78 is 21.2. The third-order valence-electron chi connectivity index (χ3n) is 4.61. The molecule has 3 N–H and O–H groups in total. The Morgan fingerprint density at radius 3 is 2.00 bits per heavy atom. The first-order valence-corrected chi connectivity index (χ1v) is 8.22. The summed E-state index contributed by atoms with van der Waals surface area (Å²) in [5.74, 6) is 1.40. The Hall–Kier alpha value is -3.13. The zero-order chi connectivity index (χ0) is 19.7. The lowest BCUT2D eigenvalue weighted by molar-refractivity contribution is -0.126. The molecule has 0 bridgehead atoms. The minimum atomic E-state index is -0.725. The lowest BCUT2D eigenvalue weighted by Gasteiger charge is -2.45. The molecule has 2 aromatic rings. The SMILES string of the molecule is COc1ccc(N2C(=O)[C@H](N)[C@H]2c2cc(OC)c(OC)c(OC)c2)cc1O. The van der Waals surface area contributed by atoms with E-state index in [0.717, 1.165) is 5.56 Å². The van der Waals surface area contributed by atoms with Crippen LogP contribution in [0.5, 0.6) is 28.7 Å². The Balaban J connectivity index is 2.05. The van der Waals surface area contributed by atoms with Crippen LogP contribution in [0.2, 0.25) is 0 Å². The molecular formula is C19H22N2O6. The largest absolute Gasteiger partial charge is 0.504 e. The second-order valence-corrected chi connectivity index (χ2v) is 5.99. The number of nitrogens with zero attached hydrogens (tertiary/aromatic N) is 1. The number of anilines is 1. The average Bonchev–Trinajstić information content (AvgIpc) is 2.69. The number of hydrogen-bond acceptors (Lipinski definition) is 7. The van der Waals surface area contributed by atoms with Crippen molar-refractivity contribution >= 4 is 11.6 Å². The van der Waals surface area contributed by atoms with Gasteiger partial charge >= 0.3 is 0 Å². The molecule has 3 rings (SSSR count). The van der Waals surface area contributed by atoms with Crippen molar-refractivity contribution in [2.45, 2.75) is 12.1 Å². The van der Waals surface area contributed by atoms with Crippen LogP contribution in [0.4, 0.5) is 5.69 Å². The summed E-state index contributed by atoms with van der Waals surface area (Å²) in [6, 6.07) is 7.09. The van der Waals surface area contributed by atoms with Gasteiger partial charge in [0.25, 0.3) is 0 Å². The molecule has 1 amide bonds. The number of hydrogen-bond donors (Lipinski definition) is 2. The number of phenolic OH excluding ortho intramolecular Hbond substituents is 1. The molecule has 0 unspecified atom stereocenters. The number of carbonyl (C=O) groups excluding carboxylic acids is 1. The first kappa shape index (κ1) is 18.7. The van der Waals surface area contributed by atoms with E-state index in [1.807, 2.05) is 0 Å². The van der Waals surface area contributed by atoms with E-state index in [2.05, 4.69) is 0 Å². The Kier molecular flexibility index (Phi) is 5.00. The van der Waals surface area contributed by atoms with Gasteiger partial charge in [-0.1, -0.05) is 0 Å². The zero-order valence-electron chi connectivity index (χ0n) is 15.6. The van der Waals surface area contributed by atoms with E-state index in [1.165, 1.54) is 39.4 Å². The normalized spacial score (nSPS) is 18.7. The molecule has 27 heavy (non-hydrogen) atoms. The van der Waals surface area contributed by atoms with Crippen molar-refractivity contribution in [1.29, 1.82) is 0 Å². The first-order chi connectivity index (χ1) is 13.0. The van der Waals surface area contributed by atoms with E-state index in [4.69, 9.17) is 24.7 Å². The zero-order valence-corrected chi connectivity index (χ0v) is 15.6. The van der Waals surface area contributed by atoms with Gasteiger partial charge in [0, 0.05) is 11.8 Å². The van der Waals surface area contributed by atoms with E-state index in [0.29, 0.717) is 28.7 Å². The number of rotatable bonds is 6. The number of ether oxygens (including phenoxy) is 4. The molecule has 144 valence electrons. The van der Waals surface area contributed by atoms with Gasteiger partial charge in [-0.3, -0.25) is 4.79 Å². The highest BCUT2D eigenvalue weighted by Crippen LogP contribution is 2.46. The smallest absolute Gasteiger partial charge is 0.247 e. The van der Waals surface area contributed by atoms with Crippen LogP contribution in [0.25, 0.3) is 0 Å². The predicted octanol–water partition coefficient (Wildman–Crippen LogP) is 1.84. The van der Waals surface area contributed by atoms with Crippen LogP contribution < -0.4 is 29.6 Å². The highest BCUT2D eigenvalue weighted by atomic mass is 16.5. The molecule has 2 aromatic carbocycles. The summed E-state index contributed by atoms with van der Waals surface area (Å²) in [5.41, 5.74) is 7.32. The van der Waals surface area contributed by atoms with Gasteiger partial charge in [-0.05, 0) is 29.8 Å². The second-order valence-electron chi connectivity index (χ2n) is 5.99. The van der Waals surface area contributed by atoms with Gasteiger partial charge in [0.15, 0.2) is 23.0 Å². The number of aromatic hydroxyl groups is 1. The maximum absolute atomic E-state index is 12.4. The van der Waals surface area contributed by atoms with Crippen molar-refractivity contribution in [3.8, 4) is 28.7 Å². The van der Waals surface area contributed by atoms with E-state index in [-0.39, 0.29) is 11.7 Å². The van der Waals surface area contributed by atoms with Crippen molar-refractivity contribution in [2.75, 3.05) is 33.3 Å². The summed E-state index contributed by atoms with van der Waals surface area (Å²) in [6.45, 7) is 0. The van der Waals surface area contributed by atoms with Gasteiger partial charge in [-0.25, -0.2) is 0 Å². The molecule has 0 aliphatic carbocycles. The highest BCUT2D eigenvalue weighted by molar-refractivity contribution is 6.06. The van der Waals surface area contributed by atoms with E-state index in [9.17, 15) is 9.90 Å². The Labute approximate surface area is 157 Å². The molecule has 0 spiro atoms. The number of methoxy groups -OCH3 is 4. The molecule has 1 aliphatic rings. The summed E-state index contributed by atoms with van der Waals surface area (Å²) in [5, 5.41) is 10.1. The maximum Gasteiger partial charge on any atom is 0.247 e. The molecule has 8 nitrogen and oxygen atoms in total. The molecule has 1 fully saturated rings. The predicted molar refractivity (Wildman–Crippen MR) is 99.0 cm³/mol. The standard InChI is InChI=1S/C19H22N2O6/c1-24-13-6-5-11(9-12(13)22)21-17(16(20)19(21)23)10-7-14(25-2)18(27-4)15(8-10)26-3/h5-9,16-17,22H,20H2,1-4H3/t16-,17-/m1/s1. The maximum atomic E-state index is 12.4. The van der Waals surface area contributed by atoms with Crippen molar-refractivity contribution < 1.29 is 28.8 Å². The number of benzene rings is 2. The fraction of sp³-hybridized carbons (Fsp3) is 0.316. The van der Waals surface area contributed by atoms with Crippen molar-refractivity contribution in [3.05, 3.63) is 35.9 Å². The van der Waals surface area contributed by atoms with Crippen LogP contribution in [0, 0.1) is 0 Å². The molecule has 0 aromatic heterocycles. The van der Waals surface area contributed by atoms with Crippen LogP contribution in [-0.2, 0) is 4.79 Å². The summed E-state index contributed by atoms with van der Waals surface area (Å²) in [4.78, 5) is 14.0. The molecule has 8 heteroatoms. The van der Waals surface area contributed by atoms with Crippen LogP contribution in [-0.4, -0.2) is 45.5 Å². The first-order valence-electron chi connectivity index (χ1n) is 8.22. The van der Waals surface area contributed by atoms with Crippen LogP contribution >= 0.6 is 0 Å². The molecule has 1 saturated heterocycles. The van der Waals surface area contributed by atoms with E-state index < -0.39 is 12.1 Å². The average molecular weight is 374 g/mol. The number of β-lactam (4-membered cyclic amide) rings is 1. The van der Waals surface area contributed by atoms with Gasteiger partial charge in [0.1, 0.15) is 6.04 Å². The Morgan fingerprint density at radius 1 is 0.926 bits per heavy atom. The lowest BCUT2D eigenvalue weighted by Crippen LogP contribution is -2.63. The number of phenols is 1. The molecule has 2 atom stereocenters. The van der Waals surface area contributed by atoms with Crippen LogP contribution in [0.3, 0.4) is 0 Å². The van der Waals surface area contributed by atoms with Crippen molar-refractivity contribution in [2.24, 2.45) is 5.73 Å². The number of carbonyl (C=O) groups is 1. The highest BCUT2D eigenvalue weighted by Gasteiger charge is 2.47. The third kappa shape index (κ3) is 2.97. The molecule has 0 radical (unpaired) electrons. The molecular weight excluding hydrogens is 352 g/mol. The van der Waals surface area contributed by atoms with Crippen molar-refractivity contribution in [3.63, 3.8) is 0 Å². The van der Waals surface area contributed by atoms with Gasteiger partial charge < -0.3 is 34.7 Å². The lowest BCUT2D eigenvalue weighted by atomic mass is 9.88. The van der Waals surface area contributed by atoms with Gasteiger partial charge in [0.05, 0.1) is 34.5 Å². The fourth-order valence-electron chi connectivity index (χ4n) is 3.26. The van der Waals surface area contributed by atoms with Gasteiger partial charge in [-0.15, -0.1) is 0 Å². The van der Waals surface area contributed by atoms with Crippen molar-refractivity contribution in [1.82, 2.24) is 0 Å². The molecule has 0 saturated carbocycles. The minimum Gasteiger partial charge on any atom is -0.504 e. The number of nitrogens with two attached hydrogens (primary N) is 1. The summed E-state index contributed by atoms with van der Waals surface area (Å²) in [7, 11) is 6.02. The Morgan fingerprint density at radius 2 is 1.52 bits per heavy atom. The van der Waals surface area contributed by atoms with E-state index >= 15 is 0 Å². The second kappa shape index (κ2) is 7.24. The minimum absolute atomic E-state index is 0.0630. The third-order valence-corrected chi connectivity index (χ3v) is 4.61. The molecule has 1 aliphatic heterocycles. The summed E-state index contributed by atoms with van der Waals surface area (Å²) in [6.07, 6.45) is 0. The van der Waals surface area contributed by atoms with Crippen LogP contribution in [0.1, 0.15) is 11.6 Å². The summed E-state index contributed by atoms with van der Waals surface area (Å²) >= 11 is 0. The topological polar surface area (TPSA) is 103 Å². The van der Waals surface area contributed by atoms with Crippen LogP contribution in [0.15, 0.2) is 30.3 Å². The monoisotopic (exact) mass is 374 g/mol. The quantitative estimate of drug-likeness (QED) is 0.744. The fourth-order valence-corrected chi connectivity index (χ4v) is 3.26. The number of amides is 1. The molecule has 1 heterocycles. The van der Waals surface area contributed by atoms with E-state index in [1.54, 1.807) is 24.3 Å². The van der Waals surface area contributed by atoms with Gasteiger partial charge in [0.2, 0.25) is 11.7 Å². The Bertz CT molecular complexity index is 844. The van der Waals surface area contributed by atoms with Gasteiger partial charge in [-0.2, -0.15) is 0 Å².